The van der Waals surface area contributed by atoms with Crippen molar-refractivity contribution < 1.29 is 13.2 Å². The van der Waals surface area contributed by atoms with Crippen molar-refractivity contribution in [1.29, 1.82) is 0 Å². The van der Waals surface area contributed by atoms with Crippen LogP contribution in [0.25, 0.3) is 11.1 Å². The molecule has 0 nitrogen and oxygen atoms in total. The summed E-state index contributed by atoms with van der Waals surface area (Å²) in [4.78, 5) is 0. The Labute approximate surface area is 132 Å². The SMILES string of the molecule is FC(F)(F)c1cc(CBr)ccc1-c1ccc(Cl)c(Cl)c1. The molecule has 2 aromatic carbocycles. The maximum absolute atomic E-state index is 13.2. The van der Waals surface area contributed by atoms with E-state index < -0.39 is 11.7 Å². The lowest BCUT2D eigenvalue weighted by atomic mass is 9.97. The molecule has 0 bridgehead atoms. The topological polar surface area (TPSA) is 0 Å². The van der Waals surface area contributed by atoms with E-state index in [2.05, 4.69) is 15.9 Å². The maximum atomic E-state index is 13.2. The quantitative estimate of drug-likeness (QED) is 0.514. The average Bonchev–Trinajstić information content (AvgIpc) is 2.40. The Hall–Kier alpha value is -0.710. The molecule has 0 atom stereocenters. The third-order valence-corrected chi connectivity index (χ3v) is 4.16. The average molecular weight is 384 g/mol. The second-order valence-corrected chi connectivity index (χ2v) is 5.52. The summed E-state index contributed by atoms with van der Waals surface area (Å²) in [5.74, 6) is 0. The van der Waals surface area contributed by atoms with E-state index in [0.29, 0.717) is 21.5 Å². The molecule has 0 aliphatic carbocycles. The van der Waals surface area contributed by atoms with E-state index in [0.717, 1.165) is 6.07 Å². The van der Waals surface area contributed by atoms with Gasteiger partial charge in [-0.25, -0.2) is 0 Å². The highest BCUT2D eigenvalue weighted by atomic mass is 79.9. The van der Waals surface area contributed by atoms with Gasteiger partial charge in [0, 0.05) is 5.33 Å². The van der Waals surface area contributed by atoms with E-state index in [1.54, 1.807) is 6.07 Å². The van der Waals surface area contributed by atoms with Crippen molar-refractivity contribution in [3.05, 3.63) is 57.6 Å². The van der Waals surface area contributed by atoms with Crippen LogP contribution in [0, 0.1) is 0 Å². The lowest BCUT2D eigenvalue weighted by Crippen LogP contribution is -2.08. The zero-order valence-electron chi connectivity index (χ0n) is 9.94. The number of halogens is 6. The van der Waals surface area contributed by atoms with Crippen LogP contribution in [0.5, 0.6) is 0 Å². The van der Waals surface area contributed by atoms with E-state index in [1.165, 1.54) is 24.3 Å². The van der Waals surface area contributed by atoms with Crippen LogP contribution < -0.4 is 0 Å². The monoisotopic (exact) mass is 382 g/mol. The van der Waals surface area contributed by atoms with E-state index in [9.17, 15) is 13.2 Å². The highest BCUT2D eigenvalue weighted by molar-refractivity contribution is 9.08. The normalized spacial score (nSPS) is 11.7. The van der Waals surface area contributed by atoms with Gasteiger partial charge in [0.05, 0.1) is 15.6 Å². The van der Waals surface area contributed by atoms with E-state index in [4.69, 9.17) is 23.2 Å². The molecule has 2 aromatic rings. The molecule has 0 saturated heterocycles. The molecule has 106 valence electrons. The van der Waals surface area contributed by atoms with Crippen molar-refractivity contribution in [3.63, 3.8) is 0 Å². The molecule has 0 heterocycles. The zero-order chi connectivity index (χ0) is 14.9. The summed E-state index contributed by atoms with van der Waals surface area (Å²) in [7, 11) is 0. The molecule has 2 rings (SSSR count). The molecule has 6 heteroatoms. The van der Waals surface area contributed by atoms with Crippen LogP contribution in [-0.2, 0) is 11.5 Å². The van der Waals surface area contributed by atoms with Crippen LogP contribution in [0.1, 0.15) is 11.1 Å². The summed E-state index contributed by atoms with van der Waals surface area (Å²) >= 11 is 14.8. The molecule has 0 aromatic heterocycles. The van der Waals surface area contributed by atoms with Gasteiger partial charge in [0.15, 0.2) is 0 Å². The smallest absolute Gasteiger partial charge is 0.166 e. The fourth-order valence-corrected chi connectivity index (χ4v) is 2.47. The summed E-state index contributed by atoms with van der Waals surface area (Å²) in [5, 5.41) is 0.889. The van der Waals surface area contributed by atoms with E-state index >= 15 is 0 Å². The lowest BCUT2D eigenvalue weighted by molar-refractivity contribution is -0.137. The van der Waals surface area contributed by atoms with Crippen molar-refractivity contribution in [2.24, 2.45) is 0 Å². The Bertz CT molecular complexity index is 639. The van der Waals surface area contributed by atoms with Crippen LogP contribution in [-0.4, -0.2) is 0 Å². The third-order valence-electron chi connectivity index (χ3n) is 2.77. The number of alkyl halides is 4. The van der Waals surface area contributed by atoms with Crippen LogP contribution in [0.3, 0.4) is 0 Å². The molecule has 0 fully saturated rings. The first kappa shape index (κ1) is 15.7. The summed E-state index contributed by atoms with van der Waals surface area (Å²) in [6.45, 7) is 0. The predicted molar refractivity (Wildman–Crippen MR) is 79.5 cm³/mol. The number of hydrogen-bond acceptors (Lipinski definition) is 0. The molecule has 0 N–H and O–H groups in total. The van der Waals surface area contributed by atoms with Crippen LogP contribution in [0.4, 0.5) is 13.2 Å². The van der Waals surface area contributed by atoms with Gasteiger partial charge >= 0.3 is 6.18 Å². The van der Waals surface area contributed by atoms with Gasteiger partial charge in [-0.3, -0.25) is 0 Å². The van der Waals surface area contributed by atoms with Gasteiger partial charge in [-0.15, -0.1) is 0 Å². The Balaban J connectivity index is 2.63. The molecule has 0 aliphatic heterocycles. The molecular weight excluding hydrogens is 376 g/mol. The van der Waals surface area contributed by atoms with Crippen molar-refractivity contribution in [2.45, 2.75) is 11.5 Å². The standard InChI is InChI=1S/C14H8BrCl2F3/c15-7-8-1-3-10(11(5-8)14(18,19)20)9-2-4-12(16)13(17)6-9/h1-6H,7H2. The van der Waals surface area contributed by atoms with Crippen LogP contribution in [0.15, 0.2) is 36.4 Å². The molecule has 0 amide bonds. The summed E-state index contributed by atoms with van der Waals surface area (Å²) in [6, 6.07) is 8.65. The Morgan fingerprint density at radius 3 is 2.20 bits per heavy atom. The van der Waals surface area contributed by atoms with Gasteiger partial charge in [0.1, 0.15) is 0 Å². The highest BCUT2D eigenvalue weighted by Gasteiger charge is 2.33. The molecule has 0 unspecified atom stereocenters. The van der Waals surface area contributed by atoms with Crippen molar-refractivity contribution in [3.8, 4) is 11.1 Å². The van der Waals surface area contributed by atoms with Gasteiger partial charge in [-0.2, -0.15) is 13.2 Å². The lowest BCUT2D eigenvalue weighted by Gasteiger charge is -2.14. The number of benzene rings is 2. The molecule has 0 radical (unpaired) electrons. The molecule has 20 heavy (non-hydrogen) atoms. The van der Waals surface area contributed by atoms with Crippen LogP contribution >= 0.6 is 39.1 Å². The van der Waals surface area contributed by atoms with E-state index in [-0.39, 0.29) is 10.6 Å². The zero-order valence-corrected chi connectivity index (χ0v) is 13.0. The minimum Gasteiger partial charge on any atom is -0.166 e. The van der Waals surface area contributed by atoms with Crippen molar-refractivity contribution >= 4 is 39.1 Å². The molecule has 0 saturated carbocycles. The summed E-state index contributed by atoms with van der Waals surface area (Å²) in [6.07, 6.45) is -4.43. The Kier molecular flexibility index (Phi) is 4.67. The Morgan fingerprint density at radius 1 is 0.950 bits per heavy atom. The van der Waals surface area contributed by atoms with Gasteiger partial charge in [0.2, 0.25) is 0 Å². The number of hydrogen-bond donors (Lipinski definition) is 0. The second-order valence-electron chi connectivity index (χ2n) is 4.14. The minimum absolute atomic E-state index is 0.0840. The predicted octanol–water partition coefficient (Wildman–Crippen LogP) is 6.57. The van der Waals surface area contributed by atoms with Crippen molar-refractivity contribution in [2.75, 3.05) is 0 Å². The van der Waals surface area contributed by atoms with Gasteiger partial charge in [0.25, 0.3) is 0 Å². The van der Waals surface area contributed by atoms with Gasteiger partial charge < -0.3 is 0 Å². The summed E-state index contributed by atoms with van der Waals surface area (Å²) in [5.41, 5.74) is 0.336. The highest BCUT2D eigenvalue weighted by Crippen LogP contribution is 2.39. The van der Waals surface area contributed by atoms with E-state index in [1.807, 2.05) is 0 Å². The van der Waals surface area contributed by atoms with Gasteiger partial charge in [-0.05, 0) is 34.9 Å². The molecular formula is C14H8BrCl2F3. The van der Waals surface area contributed by atoms with Crippen LogP contribution in [0.2, 0.25) is 10.0 Å². The fraction of sp³-hybridized carbons (Fsp3) is 0.143. The largest absolute Gasteiger partial charge is 0.417 e. The third kappa shape index (κ3) is 3.30. The first-order valence-electron chi connectivity index (χ1n) is 5.54. The second kappa shape index (κ2) is 5.96. The molecule has 0 spiro atoms. The summed E-state index contributed by atoms with van der Waals surface area (Å²) < 4.78 is 39.5. The fourth-order valence-electron chi connectivity index (χ4n) is 1.82. The first-order chi connectivity index (χ1) is 9.32. The molecule has 0 aliphatic rings. The maximum Gasteiger partial charge on any atom is 0.417 e. The number of rotatable bonds is 2. The van der Waals surface area contributed by atoms with Gasteiger partial charge in [-0.1, -0.05) is 57.3 Å². The first-order valence-corrected chi connectivity index (χ1v) is 7.42. The minimum atomic E-state index is -4.43. The van der Waals surface area contributed by atoms with Crippen molar-refractivity contribution in [1.82, 2.24) is 0 Å². The Morgan fingerprint density at radius 2 is 1.65 bits per heavy atom.